The van der Waals surface area contributed by atoms with Crippen molar-refractivity contribution in [1.82, 2.24) is 40.4 Å². The highest BCUT2D eigenvalue weighted by molar-refractivity contribution is 5.88. The number of benzene rings is 3. The number of hydrogen-bond acceptors (Lipinski definition) is 9. The molecule has 5 heterocycles. The maximum atomic E-state index is 13.8. The number of aromatic nitrogens is 4. The molecule has 3 aliphatic heterocycles. The Kier molecular flexibility index (Phi) is 12.7. The summed E-state index contributed by atoms with van der Waals surface area (Å²) >= 11 is 0. The molecule has 2 aromatic heterocycles. The number of rotatable bonds is 13. The third-order valence-electron chi connectivity index (χ3n) is 12.9. The van der Waals surface area contributed by atoms with Gasteiger partial charge in [-0.2, -0.15) is 0 Å². The molecule has 3 aliphatic rings. The third kappa shape index (κ3) is 8.91. The predicted molar refractivity (Wildman–Crippen MR) is 244 cm³/mol. The molecule has 340 valence electrons. The molecule has 5 atom stereocenters. The van der Waals surface area contributed by atoms with Gasteiger partial charge in [-0.3, -0.25) is 9.59 Å². The molecule has 5 aromatic rings. The quantitative estimate of drug-likeness (QED) is 0.0768. The summed E-state index contributed by atoms with van der Waals surface area (Å²) in [5.41, 5.74) is 7.57. The number of fused-ring (bicyclic) bond motifs is 2. The second-order valence-corrected chi connectivity index (χ2v) is 18.4. The molecular weight excluding hydrogens is 815 g/mol. The smallest absolute Gasteiger partial charge is 0.407 e. The number of hydrogen-bond donors (Lipinski definition) is 5. The number of ether oxygens (including phenoxy) is 2. The molecule has 3 fully saturated rings. The molecule has 64 heavy (non-hydrogen) atoms. The fourth-order valence-corrected chi connectivity index (χ4v) is 9.80. The highest BCUT2D eigenvalue weighted by Crippen LogP contribution is 2.42. The summed E-state index contributed by atoms with van der Waals surface area (Å²) < 4.78 is 11.2. The molecule has 0 spiro atoms. The number of amides is 4. The fourth-order valence-electron chi connectivity index (χ4n) is 9.80. The van der Waals surface area contributed by atoms with Gasteiger partial charge in [0, 0.05) is 30.9 Å². The minimum absolute atomic E-state index is 0.0423. The lowest BCUT2D eigenvalue weighted by Crippen LogP contribution is -2.51. The molecule has 4 amide bonds. The van der Waals surface area contributed by atoms with Crippen molar-refractivity contribution in [3.05, 3.63) is 71.8 Å². The van der Waals surface area contributed by atoms with E-state index < -0.39 is 24.3 Å². The fraction of sp³-hybridized carbons (Fsp3) is 0.500. The first-order valence-corrected chi connectivity index (χ1v) is 22.7. The number of imidazole rings is 2. The van der Waals surface area contributed by atoms with Gasteiger partial charge in [-0.25, -0.2) is 19.6 Å². The maximum Gasteiger partial charge on any atom is 0.407 e. The van der Waals surface area contributed by atoms with E-state index in [1.54, 1.807) is 4.90 Å². The number of H-pyrrole nitrogens is 2. The topological polar surface area (TPSA) is 198 Å². The molecule has 1 unspecified atom stereocenters. The Hall–Kier alpha value is -6.32. The van der Waals surface area contributed by atoms with Crippen molar-refractivity contribution in [3.63, 3.8) is 0 Å². The minimum Gasteiger partial charge on any atom is -0.490 e. The Morgan fingerprint density at radius 1 is 0.703 bits per heavy atom. The van der Waals surface area contributed by atoms with Crippen LogP contribution in [0.1, 0.15) is 115 Å². The Morgan fingerprint density at radius 2 is 1.27 bits per heavy atom. The zero-order valence-electron chi connectivity index (χ0n) is 37.8. The molecule has 0 saturated carbocycles. The number of likely N-dealkylation sites (tertiary alicyclic amines) is 2. The number of carbonyl (C=O) groups excluding carboxylic acids is 3. The van der Waals surface area contributed by atoms with E-state index in [2.05, 4.69) is 68.0 Å². The summed E-state index contributed by atoms with van der Waals surface area (Å²) in [6.07, 6.45) is 3.26. The van der Waals surface area contributed by atoms with E-state index in [0.29, 0.717) is 24.7 Å². The normalized spacial score (nSPS) is 19.9. The van der Waals surface area contributed by atoms with Crippen LogP contribution >= 0.6 is 0 Å². The lowest BCUT2D eigenvalue weighted by Gasteiger charge is -2.29. The zero-order valence-corrected chi connectivity index (χ0v) is 37.8. The summed E-state index contributed by atoms with van der Waals surface area (Å²) in [7, 11) is 1.29. The van der Waals surface area contributed by atoms with Gasteiger partial charge in [0.05, 0.1) is 53.4 Å². The van der Waals surface area contributed by atoms with Crippen molar-refractivity contribution < 1.29 is 33.8 Å². The second kappa shape index (κ2) is 18.4. The summed E-state index contributed by atoms with van der Waals surface area (Å²) in [5, 5.41) is 14.6. The molecule has 0 radical (unpaired) electrons. The van der Waals surface area contributed by atoms with Crippen molar-refractivity contribution in [3.8, 4) is 16.9 Å². The van der Waals surface area contributed by atoms with Crippen LogP contribution in [0.5, 0.6) is 5.75 Å². The number of aromatic amines is 2. The standard InChI is InChI=1S/C48H61N9O7/c1-26(2)41(53-47(60)61)45(58)56-21-9-12-38(56)44-50-34-18-15-30(24-36(34)52-44)37-11-8-20-55(37)31-16-19-40(64-28(5)6)32(25-31)29-14-17-33-35(23-29)51-43(49-33)39-13-10-22-57(39)46(59)42(27(3)4)54-48(62)63-7/h14-19,23-28,37-39,41-42,53H,8-13,20-22H2,1-7H3,(H,49,51)(H,50,52)(H,54,62)(H,60,61)/t37?,38-,39-,41-,42-/m0/s1. The van der Waals surface area contributed by atoms with E-state index in [9.17, 15) is 24.3 Å². The van der Waals surface area contributed by atoms with E-state index in [0.717, 1.165) is 89.7 Å². The van der Waals surface area contributed by atoms with Crippen molar-refractivity contribution in [2.24, 2.45) is 11.8 Å². The molecule has 8 rings (SSSR count). The highest BCUT2D eigenvalue weighted by Gasteiger charge is 2.39. The van der Waals surface area contributed by atoms with E-state index in [-0.39, 0.29) is 47.9 Å². The van der Waals surface area contributed by atoms with Crippen molar-refractivity contribution in [2.45, 2.75) is 116 Å². The SMILES string of the molecule is COC(=O)N[C@H](C(=O)N1CCC[C@H]1c1nc2ccc(-c3cc(N4CCCC4c4ccc5nc([C@@H]6CCCN6C(=O)[C@@H](NC(=O)O)C(C)C)[nH]c5c4)ccc3OC(C)C)cc2[nH]1)C(C)C. The van der Waals surface area contributed by atoms with Crippen LogP contribution in [-0.2, 0) is 14.3 Å². The van der Waals surface area contributed by atoms with Gasteiger partial charge in [0.15, 0.2) is 0 Å². The lowest BCUT2D eigenvalue weighted by molar-refractivity contribution is -0.136. The van der Waals surface area contributed by atoms with Crippen LogP contribution in [0.2, 0.25) is 0 Å². The summed E-state index contributed by atoms with van der Waals surface area (Å²) in [5.74, 6) is 1.51. The number of alkyl carbamates (subject to hydrolysis) is 1. The zero-order chi connectivity index (χ0) is 45.4. The summed E-state index contributed by atoms with van der Waals surface area (Å²) in [4.78, 5) is 74.1. The van der Waals surface area contributed by atoms with Crippen LogP contribution in [0, 0.1) is 11.8 Å². The number of methoxy groups -OCH3 is 1. The Labute approximate surface area is 373 Å². The predicted octanol–water partition coefficient (Wildman–Crippen LogP) is 8.23. The average Bonchev–Trinajstić information content (AvgIpc) is 4.12. The molecule has 0 aliphatic carbocycles. The van der Waals surface area contributed by atoms with Crippen molar-refractivity contribution >= 4 is 51.8 Å². The monoisotopic (exact) mass is 875 g/mol. The number of anilines is 1. The molecule has 0 bridgehead atoms. The minimum atomic E-state index is -1.21. The van der Waals surface area contributed by atoms with Gasteiger partial charge < -0.3 is 49.9 Å². The van der Waals surface area contributed by atoms with Crippen LogP contribution < -0.4 is 20.3 Å². The van der Waals surface area contributed by atoms with Crippen LogP contribution in [0.3, 0.4) is 0 Å². The van der Waals surface area contributed by atoms with E-state index >= 15 is 0 Å². The van der Waals surface area contributed by atoms with Gasteiger partial charge in [-0.15, -0.1) is 0 Å². The highest BCUT2D eigenvalue weighted by atomic mass is 16.5. The molecule has 3 saturated heterocycles. The second-order valence-electron chi connectivity index (χ2n) is 18.4. The largest absolute Gasteiger partial charge is 0.490 e. The molecule has 3 aromatic carbocycles. The number of nitrogens with one attached hydrogen (secondary N) is 4. The summed E-state index contributed by atoms with van der Waals surface area (Å²) in [6, 6.07) is 17.0. The van der Waals surface area contributed by atoms with Crippen molar-refractivity contribution in [1.29, 1.82) is 0 Å². The summed E-state index contributed by atoms with van der Waals surface area (Å²) in [6.45, 7) is 13.6. The van der Waals surface area contributed by atoms with E-state index in [4.69, 9.17) is 19.4 Å². The van der Waals surface area contributed by atoms with Crippen LogP contribution in [-0.4, -0.2) is 104 Å². The van der Waals surface area contributed by atoms with E-state index in [1.807, 2.05) is 58.6 Å². The van der Waals surface area contributed by atoms with Gasteiger partial charge in [0.2, 0.25) is 11.8 Å². The molecule has 16 heteroatoms. The first kappa shape index (κ1) is 44.3. The Balaban J connectivity index is 1.05. The Morgan fingerprint density at radius 3 is 1.84 bits per heavy atom. The van der Waals surface area contributed by atoms with Gasteiger partial charge in [-0.1, -0.05) is 39.8 Å². The average molecular weight is 876 g/mol. The lowest BCUT2D eigenvalue weighted by atomic mass is 10.0. The van der Waals surface area contributed by atoms with Gasteiger partial charge in [-0.05, 0) is 118 Å². The Bertz CT molecular complexity index is 2530. The first-order valence-electron chi connectivity index (χ1n) is 22.7. The van der Waals surface area contributed by atoms with Crippen LogP contribution in [0.4, 0.5) is 15.3 Å². The van der Waals surface area contributed by atoms with Gasteiger partial charge in [0.1, 0.15) is 29.5 Å². The maximum absolute atomic E-state index is 13.8. The number of carboxylic acid groups (broad SMARTS) is 1. The molecule has 16 nitrogen and oxygen atoms in total. The van der Waals surface area contributed by atoms with Crippen molar-refractivity contribution in [2.75, 3.05) is 31.6 Å². The van der Waals surface area contributed by atoms with E-state index in [1.165, 1.54) is 12.7 Å². The van der Waals surface area contributed by atoms with Gasteiger partial charge >= 0.3 is 12.2 Å². The number of nitrogens with zero attached hydrogens (tertiary/aromatic N) is 5. The van der Waals surface area contributed by atoms with Crippen LogP contribution in [0.15, 0.2) is 54.6 Å². The first-order chi connectivity index (χ1) is 30.7. The van der Waals surface area contributed by atoms with Gasteiger partial charge in [0.25, 0.3) is 0 Å². The molecule has 5 N–H and O–H groups in total. The molecular formula is C48H61N9O7. The number of carbonyl (C=O) groups is 4. The third-order valence-corrected chi connectivity index (χ3v) is 12.9. The van der Waals surface area contributed by atoms with Crippen LogP contribution in [0.25, 0.3) is 33.2 Å².